The van der Waals surface area contributed by atoms with E-state index in [0.717, 1.165) is 11.0 Å². The van der Waals surface area contributed by atoms with Crippen LogP contribution in [0.2, 0.25) is 0 Å². The van der Waals surface area contributed by atoms with Crippen molar-refractivity contribution in [2.75, 3.05) is 12.8 Å². The molecular formula is C23H28N8O3. The molecule has 1 aliphatic carbocycles. The molecule has 0 spiro atoms. The molecule has 1 aliphatic rings. The molecule has 4 N–H and O–H groups in total. The number of carbonyl (C=O) groups excluding carboxylic acids is 1. The van der Waals surface area contributed by atoms with Gasteiger partial charge in [-0.1, -0.05) is 12.1 Å². The molecule has 11 heteroatoms. The van der Waals surface area contributed by atoms with Crippen LogP contribution in [0, 0.1) is 0 Å². The molecule has 4 aromatic rings. The second kappa shape index (κ2) is 8.65. The number of anilines is 1. The van der Waals surface area contributed by atoms with Crippen molar-refractivity contribution in [3.63, 3.8) is 0 Å². The maximum atomic E-state index is 12.9. The Morgan fingerprint density at radius 1 is 1.21 bits per heavy atom. The number of aryl methyl sites for hydroxylation is 1. The van der Waals surface area contributed by atoms with Gasteiger partial charge < -0.3 is 30.0 Å². The van der Waals surface area contributed by atoms with Gasteiger partial charge in [-0.25, -0.2) is 19.9 Å². The number of fused-ring (bicyclic) bond motifs is 2. The zero-order valence-electron chi connectivity index (χ0n) is 18.9. The van der Waals surface area contributed by atoms with Crippen LogP contribution < -0.4 is 5.73 Å². The van der Waals surface area contributed by atoms with Gasteiger partial charge in [0.1, 0.15) is 17.4 Å². The topological polar surface area (TPSA) is 148 Å². The minimum absolute atomic E-state index is 0.00630. The predicted molar refractivity (Wildman–Crippen MR) is 125 cm³/mol. The molecule has 178 valence electrons. The average molecular weight is 465 g/mol. The summed E-state index contributed by atoms with van der Waals surface area (Å²) in [5, 5.41) is 22.1. The van der Waals surface area contributed by atoms with Gasteiger partial charge in [-0.05, 0) is 31.4 Å². The van der Waals surface area contributed by atoms with Gasteiger partial charge in [0.2, 0.25) is 5.91 Å². The lowest BCUT2D eigenvalue weighted by molar-refractivity contribution is -0.143. The number of hydrogen-bond acceptors (Lipinski definition) is 8. The SMILES string of the molecule is CN(C(=O)CCn1cnc2ccccc21)[C@H]1CC[C@@](O)(Cn2cnc3c(N)ncnc32)[C@H](O)C1. The van der Waals surface area contributed by atoms with Crippen molar-refractivity contribution < 1.29 is 15.0 Å². The number of aliphatic hydroxyl groups excluding tert-OH is 1. The van der Waals surface area contributed by atoms with Gasteiger partial charge >= 0.3 is 0 Å². The predicted octanol–water partition coefficient (Wildman–Crippen LogP) is 0.951. The molecule has 1 fully saturated rings. The lowest BCUT2D eigenvalue weighted by Crippen LogP contribution is -2.54. The van der Waals surface area contributed by atoms with E-state index in [1.165, 1.54) is 6.33 Å². The zero-order chi connectivity index (χ0) is 23.9. The molecule has 3 atom stereocenters. The second-order valence-corrected chi connectivity index (χ2v) is 9.03. The first kappa shape index (κ1) is 22.2. The highest BCUT2D eigenvalue weighted by Gasteiger charge is 2.43. The maximum absolute atomic E-state index is 12.9. The first-order valence-electron chi connectivity index (χ1n) is 11.3. The van der Waals surface area contributed by atoms with Gasteiger partial charge in [0.25, 0.3) is 0 Å². The number of imidazole rings is 2. The van der Waals surface area contributed by atoms with Crippen LogP contribution in [0.4, 0.5) is 5.82 Å². The first-order valence-corrected chi connectivity index (χ1v) is 11.3. The normalized spacial score (nSPS) is 22.9. The highest BCUT2D eigenvalue weighted by Crippen LogP contribution is 2.33. The van der Waals surface area contributed by atoms with Gasteiger partial charge in [-0.3, -0.25) is 4.79 Å². The van der Waals surface area contributed by atoms with E-state index in [-0.39, 0.29) is 30.7 Å². The Balaban J connectivity index is 1.21. The Morgan fingerprint density at radius 2 is 2.00 bits per heavy atom. The summed E-state index contributed by atoms with van der Waals surface area (Å²) in [6, 6.07) is 7.66. The summed E-state index contributed by atoms with van der Waals surface area (Å²) in [4.78, 5) is 31.3. The van der Waals surface area contributed by atoms with E-state index in [2.05, 4.69) is 19.9 Å². The smallest absolute Gasteiger partial charge is 0.224 e. The Hall–Kier alpha value is -3.57. The van der Waals surface area contributed by atoms with E-state index in [0.29, 0.717) is 37.0 Å². The van der Waals surface area contributed by atoms with Crippen LogP contribution in [0.5, 0.6) is 0 Å². The van der Waals surface area contributed by atoms with Crippen LogP contribution in [-0.4, -0.2) is 74.9 Å². The summed E-state index contributed by atoms with van der Waals surface area (Å²) >= 11 is 0. The molecule has 0 bridgehead atoms. The molecule has 1 saturated carbocycles. The van der Waals surface area contributed by atoms with E-state index in [1.54, 1.807) is 29.2 Å². The number of hydrogen-bond donors (Lipinski definition) is 3. The van der Waals surface area contributed by atoms with Crippen LogP contribution in [0.15, 0.2) is 43.2 Å². The van der Waals surface area contributed by atoms with E-state index < -0.39 is 11.7 Å². The second-order valence-electron chi connectivity index (χ2n) is 9.03. The molecule has 34 heavy (non-hydrogen) atoms. The summed E-state index contributed by atoms with van der Waals surface area (Å²) in [6.07, 6.45) is 5.17. The number of nitrogens with two attached hydrogens (primary N) is 1. The molecule has 0 radical (unpaired) electrons. The Labute approximate surface area is 195 Å². The van der Waals surface area contributed by atoms with Crippen molar-refractivity contribution in [3.05, 3.63) is 43.2 Å². The van der Waals surface area contributed by atoms with E-state index >= 15 is 0 Å². The molecule has 0 aliphatic heterocycles. The average Bonchev–Trinajstić information content (AvgIpc) is 3.44. The van der Waals surface area contributed by atoms with Crippen molar-refractivity contribution in [1.29, 1.82) is 0 Å². The van der Waals surface area contributed by atoms with Crippen molar-refractivity contribution in [2.24, 2.45) is 0 Å². The van der Waals surface area contributed by atoms with Crippen molar-refractivity contribution in [1.82, 2.24) is 34.0 Å². The van der Waals surface area contributed by atoms with Gasteiger partial charge in [-0.2, -0.15) is 0 Å². The minimum atomic E-state index is -1.36. The van der Waals surface area contributed by atoms with Gasteiger partial charge in [0.15, 0.2) is 11.5 Å². The third-order valence-corrected chi connectivity index (χ3v) is 6.93. The van der Waals surface area contributed by atoms with Crippen LogP contribution in [0.1, 0.15) is 25.7 Å². The van der Waals surface area contributed by atoms with Crippen molar-refractivity contribution in [3.8, 4) is 0 Å². The molecule has 0 saturated heterocycles. The number of carbonyl (C=O) groups is 1. The summed E-state index contributed by atoms with van der Waals surface area (Å²) in [5.41, 5.74) is 7.36. The third kappa shape index (κ3) is 3.97. The zero-order valence-corrected chi connectivity index (χ0v) is 18.9. The van der Waals surface area contributed by atoms with E-state index in [9.17, 15) is 15.0 Å². The maximum Gasteiger partial charge on any atom is 0.224 e. The number of aliphatic hydroxyl groups is 2. The van der Waals surface area contributed by atoms with E-state index in [1.807, 2.05) is 28.8 Å². The molecule has 3 aromatic heterocycles. The minimum Gasteiger partial charge on any atom is -0.390 e. The number of amides is 1. The summed E-state index contributed by atoms with van der Waals surface area (Å²) in [7, 11) is 1.76. The van der Waals surface area contributed by atoms with Crippen LogP contribution in [0.25, 0.3) is 22.2 Å². The number of nitrogen functional groups attached to an aromatic ring is 1. The van der Waals surface area contributed by atoms with Crippen molar-refractivity contribution >= 4 is 33.9 Å². The fourth-order valence-corrected chi connectivity index (χ4v) is 4.81. The molecule has 3 heterocycles. The number of benzene rings is 1. The fourth-order valence-electron chi connectivity index (χ4n) is 4.81. The monoisotopic (exact) mass is 464 g/mol. The quantitative estimate of drug-likeness (QED) is 0.382. The molecule has 11 nitrogen and oxygen atoms in total. The Morgan fingerprint density at radius 3 is 2.82 bits per heavy atom. The number of nitrogens with zero attached hydrogens (tertiary/aromatic N) is 7. The lowest BCUT2D eigenvalue weighted by atomic mass is 9.79. The summed E-state index contributed by atoms with van der Waals surface area (Å²) < 4.78 is 3.66. The highest BCUT2D eigenvalue weighted by atomic mass is 16.3. The standard InChI is InChI=1S/C23H28N8O3/c1-29(19(33)7-9-30-13-27-16-4-2-3-5-17(16)30)15-6-8-23(34,18(32)10-15)11-31-14-28-20-21(24)25-12-26-22(20)31/h2-5,12-15,18,32,34H,6-11H2,1H3,(H2,24,25,26)/t15-,18+,23+/m0/s1. The molecule has 1 aromatic carbocycles. The molecular weight excluding hydrogens is 436 g/mol. The number of rotatable bonds is 6. The van der Waals surface area contributed by atoms with E-state index in [4.69, 9.17) is 5.73 Å². The van der Waals surface area contributed by atoms with Crippen LogP contribution in [0.3, 0.4) is 0 Å². The number of aromatic nitrogens is 6. The van der Waals surface area contributed by atoms with Crippen molar-refractivity contribution in [2.45, 2.75) is 56.5 Å². The van der Waals surface area contributed by atoms with Gasteiger partial charge in [0.05, 0.1) is 36.3 Å². The fraction of sp³-hybridized carbons (Fsp3) is 0.435. The summed E-state index contributed by atoms with van der Waals surface area (Å²) in [5.74, 6) is 0.261. The molecule has 5 rings (SSSR count). The molecule has 1 amide bonds. The van der Waals surface area contributed by atoms with Crippen LogP contribution >= 0.6 is 0 Å². The first-order chi connectivity index (χ1) is 16.4. The highest BCUT2D eigenvalue weighted by molar-refractivity contribution is 5.81. The Bertz CT molecular complexity index is 1330. The third-order valence-electron chi connectivity index (χ3n) is 6.93. The largest absolute Gasteiger partial charge is 0.390 e. The number of para-hydroxylation sites is 2. The van der Waals surface area contributed by atoms with Crippen LogP contribution in [-0.2, 0) is 17.9 Å². The lowest BCUT2D eigenvalue weighted by Gasteiger charge is -2.43. The summed E-state index contributed by atoms with van der Waals surface area (Å²) in [6.45, 7) is 0.654. The van der Waals surface area contributed by atoms with Gasteiger partial charge in [-0.15, -0.1) is 0 Å². The van der Waals surface area contributed by atoms with Gasteiger partial charge in [0, 0.05) is 26.1 Å². The Kier molecular flexibility index (Phi) is 5.66. The molecule has 0 unspecified atom stereocenters.